The summed E-state index contributed by atoms with van der Waals surface area (Å²) in [5.74, 6) is 0.513. The molecular formula is C21H19NO5. The van der Waals surface area contributed by atoms with Crippen molar-refractivity contribution >= 4 is 16.9 Å². The van der Waals surface area contributed by atoms with E-state index < -0.39 is 6.04 Å². The van der Waals surface area contributed by atoms with Crippen LogP contribution in [0.15, 0.2) is 57.7 Å². The largest absolute Gasteiger partial charge is 0.497 e. The van der Waals surface area contributed by atoms with E-state index >= 15 is 0 Å². The van der Waals surface area contributed by atoms with Crippen molar-refractivity contribution in [2.45, 2.75) is 6.04 Å². The highest BCUT2D eigenvalue weighted by Crippen LogP contribution is 2.38. The minimum atomic E-state index is -0.519. The monoisotopic (exact) mass is 365 g/mol. The first-order chi connectivity index (χ1) is 13.2. The predicted molar refractivity (Wildman–Crippen MR) is 100 cm³/mol. The minimum Gasteiger partial charge on any atom is -0.497 e. The molecule has 0 bridgehead atoms. The lowest BCUT2D eigenvalue weighted by molar-refractivity contribution is 0.0663. The number of ether oxygens (including phenoxy) is 2. The molecular weight excluding hydrogens is 346 g/mol. The second-order valence-corrected chi connectivity index (χ2v) is 6.34. The van der Waals surface area contributed by atoms with Crippen LogP contribution >= 0.6 is 0 Å². The summed E-state index contributed by atoms with van der Waals surface area (Å²) in [6, 6.07) is 13.8. The number of hydrogen-bond donors (Lipinski definition) is 0. The molecule has 1 atom stereocenters. The van der Waals surface area contributed by atoms with Crippen molar-refractivity contribution in [3.63, 3.8) is 0 Å². The zero-order valence-electron chi connectivity index (χ0n) is 15.1. The minimum absolute atomic E-state index is 0.107. The van der Waals surface area contributed by atoms with Gasteiger partial charge in [-0.05, 0) is 29.8 Å². The molecule has 2 aromatic carbocycles. The molecule has 0 N–H and O–H groups in total. The predicted octanol–water partition coefficient (Wildman–Crippen LogP) is 2.99. The summed E-state index contributed by atoms with van der Waals surface area (Å²) >= 11 is 0. The fourth-order valence-electron chi connectivity index (χ4n) is 3.52. The summed E-state index contributed by atoms with van der Waals surface area (Å²) in [4.78, 5) is 27.8. The quantitative estimate of drug-likeness (QED) is 0.695. The maximum atomic E-state index is 13.2. The zero-order valence-corrected chi connectivity index (χ0v) is 15.1. The number of carbonyl (C=O) groups is 1. The zero-order chi connectivity index (χ0) is 19.0. The molecule has 0 aliphatic carbocycles. The SMILES string of the molecule is COCCN1C(=O)c2oc3ccccc3c(=O)c2C1c1ccc(OC)cc1. The number of methoxy groups -OCH3 is 2. The van der Waals surface area contributed by atoms with E-state index in [-0.39, 0.29) is 17.1 Å². The van der Waals surface area contributed by atoms with E-state index in [0.29, 0.717) is 35.4 Å². The molecule has 0 saturated heterocycles. The number of para-hydroxylation sites is 1. The standard InChI is InChI=1S/C21H19NO5/c1-25-12-11-22-18(13-7-9-14(26-2)10-8-13)17-19(23)15-5-3-4-6-16(15)27-20(17)21(22)24/h3-10,18H,11-12H2,1-2H3. The fraction of sp³-hybridized carbons (Fsp3) is 0.238. The second-order valence-electron chi connectivity index (χ2n) is 6.34. The van der Waals surface area contributed by atoms with Crippen LogP contribution in [0.2, 0.25) is 0 Å². The summed E-state index contributed by atoms with van der Waals surface area (Å²) in [7, 11) is 3.17. The third-order valence-corrected chi connectivity index (χ3v) is 4.84. The molecule has 1 aliphatic rings. The average molecular weight is 365 g/mol. The second kappa shape index (κ2) is 6.89. The first-order valence-electron chi connectivity index (χ1n) is 8.65. The van der Waals surface area contributed by atoms with Gasteiger partial charge in [0.2, 0.25) is 5.76 Å². The van der Waals surface area contributed by atoms with Crippen molar-refractivity contribution in [2.75, 3.05) is 27.4 Å². The van der Waals surface area contributed by atoms with Gasteiger partial charge in [0.15, 0.2) is 5.43 Å². The van der Waals surface area contributed by atoms with E-state index in [1.54, 1.807) is 43.4 Å². The van der Waals surface area contributed by atoms with Gasteiger partial charge in [-0.15, -0.1) is 0 Å². The normalized spacial score (nSPS) is 16.0. The van der Waals surface area contributed by atoms with E-state index in [1.165, 1.54) is 0 Å². The molecule has 2 heterocycles. The molecule has 1 aromatic heterocycles. The maximum Gasteiger partial charge on any atom is 0.290 e. The summed E-state index contributed by atoms with van der Waals surface area (Å²) < 4.78 is 16.2. The summed E-state index contributed by atoms with van der Waals surface area (Å²) in [6.45, 7) is 0.714. The number of nitrogens with zero attached hydrogens (tertiary/aromatic N) is 1. The average Bonchev–Trinajstić information content (AvgIpc) is 2.99. The third-order valence-electron chi connectivity index (χ3n) is 4.84. The smallest absolute Gasteiger partial charge is 0.290 e. The van der Waals surface area contributed by atoms with E-state index in [0.717, 1.165) is 5.56 Å². The van der Waals surface area contributed by atoms with E-state index in [4.69, 9.17) is 13.9 Å². The van der Waals surface area contributed by atoms with Gasteiger partial charge in [0.25, 0.3) is 5.91 Å². The molecule has 4 rings (SSSR count). The number of rotatable bonds is 5. The van der Waals surface area contributed by atoms with Crippen LogP contribution in [0.1, 0.15) is 27.7 Å². The molecule has 0 saturated carbocycles. The molecule has 6 nitrogen and oxygen atoms in total. The Morgan fingerprint density at radius 3 is 2.48 bits per heavy atom. The fourth-order valence-corrected chi connectivity index (χ4v) is 3.52. The topological polar surface area (TPSA) is 69.0 Å². The summed E-state index contributed by atoms with van der Waals surface area (Å²) in [5, 5.41) is 0.469. The van der Waals surface area contributed by atoms with Gasteiger partial charge in [0.05, 0.1) is 30.7 Å². The van der Waals surface area contributed by atoms with E-state index in [9.17, 15) is 9.59 Å². The Kier molecular flexibility index (Phi) is 4.41. The Labute approximate surface area is 155 Å². The van der Waals surface area contributed by atoms with Crippen molar-refractivity contribution in [1.82, 2.24) is 4.90 Å². The van der Waals surface area contributed by atoms with Crippen molar-refractivity contribution < 1.29 is 18.7 Å². The summed E-state index contributed by atoms with van der Waals surface area (Å²) in [6.07, 6.45) is 0. The van der Waals surface area contributed by atoms with Gasteiger partial charge < -0.3 is 18.8 Å². The van der Waals surface area contributed by atoms with Gasteiger partial charge in [-0.3, -0.25) is 9.59 Å². The first kappa shape index (κ1) is 17.3. The van der Waals surface area contributed by atoms with Crippen LogP contribution in [-0.4, -0.2) is 38.2 Å². The number of fused-ring (bicyclic) bond motifs is 2. The molecule has 0 fully saturated rings. The highest BCUT2D eigenvalue weighted by molar-refractivity contribution is 5.99. The highest BCUT2D eigenvalue weighted by atomic mass is 16.5. The van der Waals surface area contributed by atoms with E-state index in [1.807, 2.05) is 24.3 Å². The number of hydrogen-bond acceptors (Lipinski definition) is 5. The Morgan fingerprint density at radius 1 is 1.04 bits per heavy atom. The molecule has 6 heteroatoms. The molecule has 1 aliphatic heterocycles. The lowest BCUT2D eigenvalue weighted by Gasteiger charge is -2.24. The van der Waals surface area contributed by atoms with Crippen LogP contribution in [0.25, 0.3) is 11.0 Å². The lowest BCUT2D eigenvalue weighted by atomic mass is 9.98. The van der Waals surface area contributed by atoms with Gasteiger partial charge in [0, 0.05) is 13.7 Å². The van der Waals surface area contributed by atoms with Gasteiger partial charge in [0.1, 0.15) is 11.3 Å². The molecule has 3 aromatic rings. The molecule has 0 radical (unpaired) electrons. The summed E-state index contributed by atoms with van der Waals surface area (Å²) in [5.41, 5.74) is 1.43. The Balaban J connectivity index is 1.93. The van der Waals surface area contributed by atoms with Crippen molar-refractivity contribution in [3.8, 4) is 5.75 Å². The van der Waals surface area contributed by atoms with Crippen LogP contribution in [-0.2, 0) is 4.74 Å². The van der Waals surface area contributed by atoms with Crippen molar-refractivity contribution in [2.24, 2.45) is 0 Å². The van der Waals surface area contributed by atoms with Crippen LogP contribution < -0.4 is 10.2 Å². The number of carbonyl (C=O) groups excluding carboxylic acids is 1. The van der Waals surface area contributed by atoms with Crippen LogP contribution in [0, 0.1) is 0 Å². The van der Waals surface area contributed by atoms with Crippen molar-refractivity contribution in [1.29, 1.82) is 0 Å². The third kappa shape index (κ3) is 2.78. The van der Waals surface area contributed by atoms with Gasteiger partial charge in [-0.1, -0.05) is 24.3 Å². The Morgan fingerprint density at radius 2 is 1.78 bits per heavy atom. The number of amides is 1. The molecule has 1 amide bonds. The van der Waals surface area contributed by atoms with Gasteiger partial charge >= 0.3 is 0 Å². The van der Waals surface area contributed by atoms with Gasteiger partial charge in [-0.2, -0.15) is 0 Å². The Hall–Kier alpha value is -3.12. The first-order valence-corrected chi connectivity index (χ1v) is 8.65. The van der Waals surface area contributed by atoms with Crippen LogP contribution in [0.5, 0.6) is 5.75 Å². The molecule has 1 unspecified atom stereocenters. The number of benzene rings is 2. The molecule has 0 spiro atoms. The van der Waals surface area contributed by atoms with Gasteiger partial charge in [-0.25, -0.2) is 0 Å². The Bertz CT molecular complexity index is 1050. The highest BCUT2D eigenvalue weighted by Gasteiger charge is 2.42. The molecule has 138 valence electrons. The lowest BCUT2D eigenvalue weighted by Crippen LogP contribution is -2.32. The van der Waals surface area contributed by atoms with Crippen molar-refractivity contribution in [3.05, 3.63) is 75.6 Å². The van der Waals surface area contributed by atoms with E-state index in [2.05, 4.69) is 0 Å². The van der Waals surface area contributed by atoms with Crippen LogP contribution in [0.4, 0.5) is 0 Å². The van der Waals surface area contributed by atoms with Crippen LogP contribution in [0.3, 0.4) is 0 Å². The maximum absolute atomic E-state index is 13.2. The molecule has 27 heavy (non-hydrogen) atoms.